The van der Waals surface area contributed by atoms with Gasteiger partial charge in [-0.1, -0.05) is 32.4 Å². The highest BCUT2D eigenvalue weighted by Gasteiger charge is 2.25. The zero-order chi connectivity index (χ0) is 17.4. The molecule has 0 aromatic heterocycles. The predicted octanol–water partition coefficient (Wildman–Crippen LogP) is 2.18. The molecule has 1 fully saturated rings. The predicted molar refractivity (Wildman–Crippen MR) is 94.9 cm³/mol. The van der Waals surface area contributed by atoms with Gasteiger partial charge in [-0.25, -0.2) is 0 Å². The minimum Gasteiger partial charge on any atom is -0.494 e. The van der Waals surface area contributed by atoms with Crippen molar-refractivity contribution in [2.45, 2.75) is 45.8 Å². The second kappa shape index (κ2) is 9.64. The number of β-amino-alcohol motifs (C(OH)–C–C–N with tert-alkyl or cyclic N) is 1. The summed E-state index contributed by atoms with van der Waals surface area (Å²) in [4.78, 5) is 14.1. The normalized spacial score (nSPS) is 21.5. The van der Waals surface area contributed by atoms with Crippen molar-refractivity contribution in [3.8, 4) is 5.75 Å². The molecule has 1 saturated heterocycles. The van der Waals surface area contributed by atoms with Gasteiger partial charge in [0.15, 0.2) is 0 Å². The standard InChI is InChI=1S/C19H30N2O3/c1-3-4-10-24-17-7-5-6-16(11-17)12-20-19(23)14-21-9-8-15(2)18(22)13-21/h5-7,11,15,18,22H,3-4,8-10,12-14H2,1-2H3,(H,20,23). The first-order valence-electron chi connectivity index (χ1n) is 8.97. The molecule has 1 aromatic carbocycles. The van der Waals surface area contributed by atoms with Crippen LogP contribution in [-0.2, 0) is 11.3 Å². The number of benzene rings is 1. The van der Waals surface area contributed by atoms with E-state index in [1.54, 1.807) is 0 Å². The van der Waals surface area contributed by atoms with Crippen LogP contribution in [0.4, 0.5) is 0 Å². The van der Waals surface area contributed by atoms with E-state index in [-0.39, 0.29) is 12.0 Å². The first-order chi connectivity index (χ1) is 11.6. The van der Waals surface area contributed by atoms with Crippen molar-refractivity contribution in [2.24, 2.45) is 5.92 Å². The van der Waals surface area contributed by atoms with Gasteiger partial charge in [0.25, 0.3) is 0 Å². The van der Waals surface area contributed by atoms with Crippen molar-refractivity contribution in [3.63, 3.8) is 0 Å². The van der Waals surface area contributed by atoms with Crippen molar-refractivity contribution in [2.75, 3.05) is 26.2 Å². The maximum Gasteiger partial charge on any atom is 0.234 e. The zero-order valence-electron chi connectivity index (χ0n) is 14.8. The molecule has 2 rings (SSSR count). The number of amides is 1. The van der Waals surface area contributed by atoms with Crippen molar-refractivity contribution in [1.82, 2.24) is 10.2 Å². The van der Waals surface area contributed by atoms with E-state index in [1.807, 2.05) is 29.2 Å². The summed E-state index contributed by atoms with van der Waals surface area (Å²) in [5.41, 5.74) is 1.03. The van der Waals surface area contributed by atoms with Crippen LogP contribution in [0.25, 0.3) is 0 Å². The van der Waals surface area contributed by atoms with Gasteiger partial charge in [-0.3, -0.25) is 9.69 Å². The van der Waals surface area contributed by atoms with E-state index in [0.29, 0.717) is 25.6 Å². The van der Waals surface area contributed by atoms with Crippen LogP contribution in [0, 0.1) is 5.92 Å². The van der Waals surface area contributed by atoms with Gasteiger partial charge in [-0.2, -0.15) is 0 Å². The highest BCUT2D eigenvalue weighted by molar-refractivity contribution is 5.78. The topological polar surface area (TPSA) is 61.8 Å². The number of rotatable bonds is 8. The number of piperidine rings is 1. The Bertz CT molecular complexity index is 521. The number of hydrogen-bond acceptors (Lipinski definition) is 4. The average Bonchev–Trinajstić information content (AvgIpc) is 2.57. The fraction of sp³-hybridized carbons (Fsp3) is 0.632. The molecule has 1 amide bonds. The molecule has 1 aliphatic rings. The van der Waals surface area contributed by atoms with Gasteiger partial charge in [0.1, 0.15) is 5.75 Å². The van der Waals surface area contributed by atoms with Crippen LogP contribution in [0.1, 0.15) is 38.7 Å². The number of hydrogen-bond donors (Lipinski definition) is 2. The molecule has 0 spiro atoms. The third-order valence-corrected chi connectivity index (χ3v) is 4.52. The molecular formula is C19H30N2O3. The number of aliphatic hydroxyl groups is 1. The second-order valence-electron chi connectivity index (χ2n) is 6.69. The summed E-state index contributed by atoms with van der Waals surface area (Å²) in [6, 6.07) is 7.85. The SMILES string of the molecule is CCCCOc1cccc(CNC(=O)CN2CCC(C)C(O)C2)c1. The Balaban J connectivity index is 1.74. The fourth-order valence-electron chi connectivity index (χ4n) is 2.80. The van der Waals surface area contributed by atoms with Crippen molar-refractivity contribution >= 4 is 5.91 Å². The lowest BCUT2D eigenvalue weighted by Gasteiger charge is -2.33. The van der Waals surface area contributed by atoms with E-state index in [4.69, 9.17) is 4.74 Å². The van der Waals surface area contributed by atoms with E-state index in [9.17, 15) is 9.90 Å². The molecule has 2 unspecified atom stereocenters. The average molecular weight is 334 g/mol. The summed E-state index contributed by atoms with van der Waals surface area (Å²) >= 11 is 0. The third-order valence-electron chi connectivity index (χ3n) is 4.52. The minimum atomic E-state index is -0.330. The maximum absolute atomic E-state index is 12.1. The number of ether oxygens (including phenoxy) is 1. The van der Waals surface area contributed by atoms with Crippen LogP contribution in [0.3, 0.4) is 0 Å². The van der Waals surface area contributed by atoms with Crippen LogP contribution >= 0.6 is 0 Å². The summed E-state index contributed by atoms with van der Waals surface area (Å²) in [7, 11) is 0. The fourth-order valence-corrected chi connectivity index (χ4v) is 2.80. The molecule has 0 bridgehead atoms. The Morgan fingerprint density at radius 3 is 3.04 bits per heavy atom. The lowest BCUT2D eigenvalue weighted by molar-refractivity contribution is -0.123. The van der Waals surface area contributed by atoms with Crippen molar-refractivity contribution < 1.29 is 14.6 Å². The Morgan fingerprint density at radius 2 is 2.29 bits per heavy atom. The zero-order valence-corrected chi connectivity index (χ0v) is 14.8. The summed E-state index contributed by atoms with van der Waals surface area (Å²) < 4.78 is 5.69. The largest absolute Gasteiger partial charge is 0.494 e. The molecule has 134 valence electrons. The molecule has 1 aliphatic heterocycles. The molecule has 1 aromatic rings. The second-order valence-corrected chi connectivity index (χ2v) is 6.69. The molecule has 5 nitrogen and oxygen atoms in total. The molecule has 0 radical (unpaired) electrons. The summed E-state index contributed by atoms with van der Waals surface area (Å²) in [5.74, 6) is 1.16. The van der Waals surface area contributed by atoms with Gasteiger partial charge < -0.3 is 15.2 Å². The number of aliphatic hydroxyl groups excluding tert-OH is 1. The molecule has 2 N–H and O–H groups in total. The van der Waals surface area contributed by atoms with Crippen LogP contribution in [0.15, 0.2) is 24.3 Å². The number of carbonyl (C=O) groups is 1. The molecule has 0 aliphatic carbocycles. The Labute approximate surface area is 145 Å². The van der Waals surface area contributed by atoms with Gasteiger partial charge in [-0.15, -0.1) is 0 Å². The van der Waals surface area contributed by atoms with Crippen LogP contribution in [-0.4, -0.2) is 48.3 Å². The van der Waals surface area contributed by atoms with Gasteiger partial charge in [0, 0.05) is 13.1 Å². The van der Waals surface area contributed by atoms with E-state index < -0.39 is 0 Å². The Kier molecular flexibility index (Phi) is 7.53. The first kappa shape index (κ1) is 18.7. The van der Waals surface area contributed by atoms with Crippen LogP contribution in [0.5, 0.6) is 5.75 Å². The quantitative estimate of drug-likeness (QED) is 0.716. The summed E-state index contributed by atoms with van der Waals surface area (Å²) in [6.07, 6.45) is 2.76. The van der Waals surface area contributed by atoms with Crippen molar-refractivity contribution in [1.29, 1.82) is 0 Å². The molecule has 24 heavy (non-hydrogen) atoms. The maximum atomic E-state index is 12.1. The molecular weight excluding hydrogens is 304 g/mol. The smallest absolute Gasteiger partial charge is 0.234 e. The first-order valence-corrected chi connectivity index (χ1v) is 8.97. The number of nitrogens with one attached hydrogen (secondary N) is 1. The number of unbranched alkanes of at least 4 members (excludes halogenated alkanes) is 1. The van der Waals surface area contributed by atoms with Crippen LogP contribution in [0.2, 0.25) is 0 Å². The molecule has 2 atom stereocenters. The van der Waals surface area contributed by atoms with Gasteiger partial charge in [-0.05, 0) is 43.0 Å². The van der Waals surface area contributed by atoms with E-state index in [2.05, 4.69) is 19.2 Å². The summed E-state index contributed by atoms with van der Waals surface area (Å²) in [5, 5.41) is 12.8. The molecule has 1 heterocycles. The monoisotopic (exact) mass is 334 g/mol. The highest BCUT2D eigenvalue weighted by atomic mass is 16.5. The van der Waals surface area contributed by atoms with E-state index in [1.165, 1.54) is 0 Å². The van der Waals surface area contributed by atoms with Crippen molar-refractivity contribution in [3.05, 3.63) is 29.8 Å². The van der Waals surface area contributed by atoms with Gasteiger partial charge >= 0.3 is 0 Å². The molecule has 5 heteroatoms. The Morgan fingerprint density at radius 1 is 1.46 bits per heavy atom. The van der Waals surface area contributed by atoms with Gasteiger partial charge in [0.2, 0.25) is 5.91 Å². The number of nitrogens with zero attached hydrogens (tertiary/aromatic N) is 1. The highest BCUT2D eigenvalue weighted by Crippen LogP contribution is 2.16. The van der Waals surface area contributed by atoms with Crippen LogP contribution < -0.4 is 10.1 Å². The number of carbonyl (C=O) groups excluding carboxylic acids is 1. The lowest BCUT2D eigenvalue weighted by atomic mass is 9.96. The minimum absolute atomic E-state index is 0.00550. The van der Waals surface area contributed by atoms with Gasteiger partial charge in [0.05, 0.1) is 19.3 Å². The van der Waals surface area contributed by atoms with E-state index in [0.717, 1.165) is 43.7 Å². The lowest BCUT2D eigenvalue weighted by Crippen LogP contribution is -2.46. The third kappa shape index (κ3) is 6.13. The molecule has 0 saturated carbocycles. The number of likely N-dealkylation sites (tertiary alicyclic amines) is 1. The van der Waals surface area contributed by atoms with E-state index >= 15 is 0 Å². The Hall–Kier alpha value is -1.59. The summed E-state index contributed by atoms with van der Waals surface area (Å²) in [6.45, 7) is 7.20.